The van der Waals surface area contributed by atoms with Crippen LogP contribution in [-0.4, -0.2) is 24.8 Å². The molecule has 2 rings (SSSR count). The smallest absolute Gasteiger partial charge is 0.412 e. The van der Waals surface area contributed by atoms with Crippen molar-refractivity contribution in [3.8, 4) is 5.75 Å². The molecule has 110 valence electrons. The van der Waals surface area contributed by atoms with Gasteiger partial charge >= 0.3 is 6.09 Å². The van der Waals surface area contributed by atoms with Crippen LogP contribution in [0, 0.1) is 0 Å². The molecule has 0 unspecified atom stereocenters. The monoisotopic (exact) mass is 278 g/mol. The van der Waals surface area contributed by atoms with E-state index in [-0.39, 0.29) is 6.04 Å². The van der Waals surface area contributed by atoms with E-state index in [0.717, 1.165) is 17.7 Å². The van der Waals surface area contributed by atoms with Crippen LogP contribution in [0.2, 0.25) is 0 Å². The summed E-state index contributed by atoms with van der Waals surface area (Å²) in [4.78, 5) is 11.7. The summed E-state index contributed by atoms with van der Waals surface area (Å²) in [5.41, 5.74) is 7.09. The van der Waals surface area contributed by atoms with Crippen molar-refractivity contribution in [2.75, 3.05) is 12.4 Å². The van der Waals surface area contributed by atoms with E-state index < -0.39 is 11.7 Å². The number of benzene rings is 1. The van der Waals surface area contributed by atoms with Crippen LogP contribution in [0.15, 0.2) is 18.2 Å². The molecule has 1 aliphatic rings. The van der Waals surface area contributed by atoms with Crippen LogP contribution >= 0.6 is 0 Å². The van der Waals surface area contributed by atoms with Gasteiger partial charge in [-0.25, -0.2) is 4.79 Å². The van der Waals surface area contributed by atoms with Crippen molar-refractivity contribution in [1.29, 1.82) is 0 Å². The molecule has 5 nitrogen and oxygen atoms in total. The number of nitrogens with one attached hydrogen (secondary N) is 1. The summed E-state index contributed by atoms with van der Waals surface area (Å²) in [7, 11) is 1.62. The number of anilines is 1. The molecule has 1 aromatic carbocycles. The van der Waals surface area contributed by atoms with Crippen LogP contribution in [0.25, 0.3) is 0 Å². The fourth-order valence-electron chi connectivity index (χ4n) is 2.09. The minimum Gasteiger partial charge on any atom is -0.496 e. The highest BCUT2D eigenvalue weighted by molar-refractivity contribution is 5.85. The first-order chi connectivity index (χ1) is 9.30. The second kappa shape index (κ2) is 5.32. The van der Waals surface area contributed by atoms with E-state index in [9.17, 15) is 4.79 Å². The van der Waals surface area contributed by atoms with Crippen molar-refractivity contribution in [3.05, 3.63) is 23.8 Å². The number of rotatable bonds is 3. The average Bonchev–Trinajstić information content (AvgIpc) is 3.03. The molecule has 5 heteroatoms. The summed E-state index contributed by atoms with van der Waals surface area (Å²) in [6, 6.07) is 5.80. The molecule has 20 heavy (non-hydrogen) atoms. The van der Waals surface area contributed by atoms with Gasteiger partial charge in [0.25, 0.3) is 0 Å². The van der Waals surface area contributed by atoms with Crippen molar-refractivity contribution in [3.63, 3.8) is 0 Å². The van der Waals surface area contributed by atoms with Crippen molar-refractivity contribution >= 4 is 11.8 Å². The average molecular weight is 278 g/mol. The molecule has 0 heterocycles. The molecule has 1 amide bonds. The van der Waals surface area contributed by atoms with Gasteiger partial charge in [0.2, 0.25) is 0 Å². The quantitative estimate of drug-likeness (QED) is 0.891. The zero-order chi connectivity index (χ0) is 14.9. The Morgan fingerprint density at radius 3 is 2.55 bits per heavy atom. The van der Waals surface area contributed by atoms with Crippen LogP contribution < -0.4 is 15.8 Å². The number of amides is 1. The number of hydrogen-bond acceptors (Lipinski definition) is 4. The van der Waals surface area contributed by atoms with Crippen molar-refractivity contribution in [2.24, 2.45) is 5.73 Å². The number of methoxy groups -OCH3 is 1. The summed E-state index contributed by atoms with van der Waals surface area (Å²) < 4.78 is 10.6. The van der Waals surface area contributed by atoms with Gasteiger partial charge in [-0.3, -0.25) is 5.32 Å². The molecule has 1 fully saturated rings. The molecule has 1 aromatic rings. The SMILES string of the molecule is COc1cc(NC(=O)OC(C)(C)C)ccc1[C@@H]1C[C@H]1N. The molecule has 1 aliphatic carbocycles. The molecule has 0 aliphatic heterocycles. The first kappa shape index (κ1) is 14.7. The van der Waals surface area contributed by atoms with Gasteiger partial charge in [0.1, 0.15) is 11.4 Å². The fourth-order valence-corrected chi connectivity index (χ4v) is 2.09. The number of hydrogen-bond donors (Lipinski definition) is 2. The Labute approximate surface area is 119 Å². The fraction of sp³-hybridized carbons (Fsp3) is 0.533. The van der Waals surface area contributed by atoms with E-state index in [2.05, 4.69) is 5.32 Å². The lowest BCUT2D eigenvalue weighted by molar-refractivity contribution is 0.0636. The molecule has 0 spiro atoms. The lowest BCUT2D eigenvalue weighted by Gasteiger charge is -2.20. The third kappa shape index (κ3) is 3.63. The molecule has 0 aromatic heterocycles. The van der Waals surface area contributed by atoms with Crippen molar-refractivity contribution in [2.45, 2.75) is 44.8 Å². The van der Waals surface area contributed by atoms with Crippen LogP contribution in [0.1, 0.15) is 38.7 Å². The molecule has 0 saturated heterocycles. The Morgan fingerprint density at radius 2 is 2.05 bits per heavy atom. The summed E-state index contributed by atoms with van der Waals surface area (Å²) in [6.07, 6.45) is 0.505. The zero-order valence-electron chi connectivity index (χ0n) is 12.4. The maximum Gasteiger partial charge on any atom is 0.412 e. The van der Waals surface area contributed by atoms with Gasteiger partial charge in [-0.2, -0.15) is 0 Å². The first-order valence-electron chi connectivity index (χ1n) is 6.73. The van der Waals surface area contributed by atoms with E-state index >= 15 is 0 Å². The van der Waals surface area contributed by atoms with Gasteiger partial charge in [0, 0.05) is 23.7 Å². The maximum absolute atomic E-state index is 11.7. The lowest BCUT2D eigenvalue weighted by atomic mass is 10.1. The maximum atomic E-state index is 11.7. The molecular weight excluding hydrogens is 256 g/mol. The topological polar surface area (TPSA) is 73.6 Å². The molecule has 3 N–H and O–H groups in total. The Bertz CT molecular complexity index is 508. The van der Waals surface area contributed by atoms with E-state index in [4.69, 9.17) is 15.2 Å². The number of carbonyl (C=O) groups is 1. The second-order valence-corrected chi connectivity index (χ2v) is 6.09. The third-order valence-corrected chi connectivity index (χ3v) is 3.12. The molecule has 2 atom stereocenters. The normalized spacial score (nSPS) is 21.2. The number of ether oxygens (including phenoxy) is 2. The van der Waals surface area contributed by atoms with Gasteiger partial charge < -0.3 is 15.2 Å². The number of nitrogens with two attached hydrogens (primary N) is 1. The van der Waals surface area contributed by atoms with Crippen LogP contribution in [-0.2, 0) is 4.74 Å². The standard InChI is InChI=1S/C15H22N2O3/c1-15(2,3)20-14(18)17-9-5-6-10(11-8-12(11)16)13(7-9)19-4/h5-7,11-12H,8,16H2,1-4H3,(H,17,18)/t11-,12+/m0/s1. The Balaban J connectivity index is 2.08. The summed E-state index contributed by atoms with van der Waals surface area (Å²) >= 11 is 0. The number of carbonyl (C=O) groups excluding carboxylic acids is 1. The summed E-state index contributed by atoms with van der Waals surface area (Å²) in [5.74, 6) is 1.11. The summed E-state index contributed by atoms with van der Waals surface area (Å²) in [5, 5.41) is 2.70. The highest BCUT2D eigenvalue weighted by atomic mass is 16.6. The summed E-state index contributed by atoms with van der Waals surface area (Å²) in [6.45, 7) is 5.47. The van der Waals surface area contributed by atoms with Gasteiger partial charge in [-0.15, -0.1) is 0 Å². The Kier molecular flexibility index (Phi) is 3.90. The van der Waals surface area contributed by atoms with Crippen LogP contribution in [0.5, 0.6) is 5.75 Å². The van der Waals surface area contributed by atoms with E-state index in [1.54, 1.807) is 13.2 Å². The molecule has 0 bridgehead atoms. The first-order valence-corrected chi connectivity index (χ1v) is 6.73. The lowest BCUT2D eigenvalue weighted by Crippen LogP contribution is -2.27. The molecular formula is C15H22N2O3. The molecule has 0 radical (unpaired) electrons. The van der Waals surface area contributed by atoms with Gasteiger partial charge in [0.05, 0.1) is 7.11 Å². The molecule has 1 saturated carbocycles. The third-order valence-electron chi connectivity index (χ3n) is 3.12. The van der Waals surface area contributed by atoms with Gasteiger partial charge in [-0.1, -0.05) is 6.07 Å². The highest BCUT2D eigenvalue weighted by Gasteiger charge is 2.36. The zero-order valence-corrected chi connectivity index (χ0v) is 12.4. The highest BCUT2D eigenvalue weighted by Crippen LogP contribution is 2.44. The second-order valence-electron chi connectivity index (χ2n) is 6.09. The van der Waals surface area contributed by atoms with E-state index in [1.807, 2.05) is 32.9 Å². The minimum atomic E-state index is -0.519. The van der Waals surface area contributed by atoms with Crippen molar-refractivity contribution < 1.29 is 14.3 Å². The Hall–Kier alpha value is -1.75. The van der Waals surface area contributed by atoms with Crippen LogP contribution in [0.4, 0.5) is 10.5 Å². The van der Waals surface area contributed by atoms with E-state index in [1.165, 1.54) is 0 Å². The largest absolute Gasteiger partial charge is 0.496 e. The van der Waals surface area contributed by atoms with Gasteiger partial charge in [0.15, 0.2) is 0 Å². The Morgan fingerprint density at radius 1 is 1.40 bits per heavy atom. The van der Waals surface area contributed by atoms with E-state index in [0.29, 0.717) is 11.6 Å². The van der Waals surface area contributed by atoms with Crippen LogP contribution in [0.3, 0.4) is 0 Å². The minimum absolute atomic E-state index is 0.216. The van der Waals surface area contributed by atoms with Gasteiger partial charge in [-0.05, 0) is 38.8 Å². The van der Waals surface area contributed by atoms with Crippen molar-refractivity contribution in [1.82, 2.24) is 0 Å². The predicted octanol–water partition coefficient (Wildman–Crippen LogP) is 2.86. The predicted molar refractivity (Wildman–Crippen MR) is 78.2 cm³/mol.